The highest BCUT2D eigenvalue weighted by atomic mass is 32.1. The largest absolute Gasteiger partial charge is 0.497 e. The van der Waals surface area contributed by atoms with Crippen molar-refractivity contribution in [1.82, 2.24) is 9.88 Å². The van der Waals surface area contributed by atoms with E-state index < -0.39 is 0 Å². The van der Waals surface area contributed by atoms with Crippen molar-refractivity contribution in [2.24, 2.45) is 0 Å². The molecule has 0 fully saturated rings. The monoisotopic (exact) mass is 442 g/mol. The van der Waals surface area contributed by atoms with Crippen LogP contribution in [-0.2, 0) is 6.54 Å². The van der Waals surface area contributed by atoms with Crippen LogP contribution in [0.15, 0.2) is 91.1 Å². The number of hydrogen-bond donors (Lipinski definition) is 2. The van der Waals surface area contributed by atoms with Crippen LogP contribution in [0.4, 0.5) is 0 Å². The Morgan fingerprint density at radius 1 is 0.906 bits per heavy atom. The molecule has 0 spiro atoms. The summed E-state index contributed by atoms with van der Waals surface area (Å²) in [6.07, 6.45) is 2.18. The zero-order valence-electron chi connectivity index (χ0n) is 18.0. The summed E-state index contributed by atoms with van der Waals surface area (Å²) in [5, 5.41) is 2.85. The Kier molecular flexibility index (Phi) is 6.97. The molecule has 32 heavy (non-hydrogen) atoms. The van der Waals surface area contributed by atoms with Gasteiger partial charge < -0.3 is 14.6 Å². The number of amides is 1. The van der Waals surface area contributed by atoms with Crippen LogP contribution in [0, 0.1) is 0 Å². The van der Waals surface area contributed by atoms with Crippen LogP contribution < -0.4 is 10.1 Å². The molecule has 0 bridgehead atoms. The lowest BCUT2D eigenvalue weighted by Gasteiger charge is -2.10. The van der Waals surface area contributed by atoms with Crippen molar-refractivity contribution >= 4 is 18.5 Å². The van der Waals surface area contributed by atoms with E-state index in [-0.39, 0.29) is 5.91 Å². The van der Waals surface area contributed by atoms with E-state index in [9.17, 15) is 4.79 Å². The van der Waals surface area contributed by atoms with Crippen LogP contribution in [0.25, 0.3) is 22.4 Å². The minimum absolute atomic E-state index is 0.0710. The van der Waals surface area contributed by atoms with Crippen molar-refractivity contribution in [2.45, 2.75) is 6.54 Å². The molecule has 4 nitrogen and oxygen atoms in total. The number of nitrogens with zero attached hydrogens (tertiary/aromatic N) is 1. The number of benzene rings is 3. The molecule has 162 valence electrons. The summed E-state index contributed by atoms with van der Waals surface area (Å²) in [5.74, 6) is 1.39. The molecule has 0 radical (unpaired) electrons. The number of hydrogen-bond acceptors (Lipinski definition) is 3. The lowest BCUT2D eigenvalue weighted by molar-refractivity contribution is 0.0956. The molecule has 1 aromatic heterocycles. The maximum atomic E-state index is 12.2. The summed E-state index contributed by atoms with van der Waals surface area (Å²) in [4.78, 5) is 12.2. The van der Waals surface area contributed by atoms with Crippen molar-refractivity contribution in [3.05, 3.63) is 102 Å². The maximum absolute atomic E-state index is 12.2. The number of ether oxygens (including phenoxy) is 1. The molecule has 4 aromatic rings. The molecule has 5 heteroatoms. The first-order valence-corrected chi connectivity index (χ1v) is 11.2. The van der Waals surface area contributed by atoms with E-state index in [1.54, 1.807) is 7.11 Å². The lowest BCUT2D eigenvalue weighted by atomic mass is 10.1. The molecule has 0 atom stereocenters. The van der Waals surface area contributed by atoms with Crippen LogP contribution in [-0.4, -0.2) is 29.9 Å². The van der Waals surface area contributed by atoms with Crippen molar-refractivity contribution in [3.8, 4) is 28.1 Å². The van der Waals surface area contributed by atoms with Crippen LogP contribution in [0.3, 0.4) is 0 Å². The number of aromatic nitrogens is 1. The summed E-state index contributed by atoms with van der Waals surface area (Å²) in [6, 6.07) is 28.5. The molecular formula is C27H26N2O2S. The Balaban J connectivity index is 1.63. The Morgan fingerprint density at radius 3 is 2.28 bits per heavy atom. The van der Waals surface area contributed by atoms with Gasteiger partial charge in [0.05, 0.1) is 7.11 Å². The zero-order chi connectivity index (χ0) is 22.3. The van der Waals surface area contributed by atoms with Crippen molar-refractivity contribution in [1.29, 1.82) is 0 Å². The van der Waals surface area contributed by atoms with Gasteiger partial charge >= 0.3 is 0 Å². The van der Waals surface area contributed by atoms with E-state index in [0.29, 0.717) is 24.4 Å². The molecule has 1 amide bonds. The first-order chi connectivity index (χ1) is 15.7. The highest BCUT2D eigenvalue weighted by Crippen LogP contribution is 2.30. The lowest BCUT2D eigenvalue weighted by Crippen LogP contribution is -2.25. The minimum atomic E-state index is -0.0710. The van der Waals surface area contributed by atoms with Gasteiger partial charge in [0.15, 0.2) is 0 Å². The highest BCUT2D eigenvalue weighted by Gasteiger charge is 2.11. The molecule has 0 aliphatic rings. The quantitative estimate of drug-likeness (QED) is 0.352. The molecule has 0 unspecified atom stereocenters. The van der Waals surface area contributed by atoms with Crippen LogP contribution in [0.2, 0.25) is 0 Å². The third-order valence-corrected chi connectivity index (χ3v) is 5.58. The van der Waals surface area contributed by atoms with Gasteiger partial charge in [-0.05, 0) is 52.6 Å². The summed E-state index contributed by atoms with van der Waals surface area (Å²) in [6.45, 7) is 1.26. The molecule has 0 aliphatic heterocycles. The third kappa shape index (κ3) is 5.06. The van der Waals surface area contributed by atoms with E-state index in [1.165, 1.54) is 0 Å². The van der Waals surface area contributed by atoms with Crippen molar-refractivity contribution < 1.29 is 9.53 Å². The number of carbonyl (C=O) groups is 1. The molecule has 3 aromatic carbocycles. The van der Waals surface area contributed by atoms with Crippen molar-refractivity contribution in [3.63, 3.8) is 0 Å². The zero-order valence-corrected chi connectivity index (χ0v) is 18.9. The van der Waals surface area contributed by atoms with Gasteiger partial charge in [-0.15, -0.1) is 0 Å². The van der Waals surface area contributed by atoms with Crippen LogP contribution >= 0.6 is 12.6 Å². The average Bonchev–Trinajstić information content (AvgIpc) is 3.27. The second kappa shape index (κ2) is 10.2. The fraction of sp³-hybridized carbons (Fsp3) is 0.148. The Hall–Kier alpha value is -3.44. The molecule has 0 saturated carbocycles. The van der Waals surface area contributed by atoms with Gasteiger partial charge in [0.2, 0.25) is 0 Å². The maximum Gasteiger partial charge on any atom is 0.251 e. The Labute approximate surface area is 194 Å². The van der Waals surface area contributed by atoms with Gasteiger partial charge in [-0.2, -0.15) is 12.6 Å². The molecule has 1 heterocycles. The van der Waals surface area contributed by atoms with Gasteiger partial charge in [0, 0.05) is 36.3 Å². The Morgan fingerprint density at radius 2 is 1.62 bits per heavy atom. The van der Waals surface area contributed by atoms with Gasteiger partial charge in [0.1, 0.15) is 5.75 Å². The number of methoxy groups -OCH3 is 1. The number of thiol groups is 1. The molecule has 4 rings (SSSR count). The third-order valence-electron chi connectivity index (χ3n) is 5.36. The fourth-order valence-electron chi connectivity index (χ4n) is 3.66. The van der Waals surface area contributed by atoms with E-state index in [4.69, 9.17) is 4.74 Å². The van der Waals surface area contributed by atoms with E-state index >= 15 is 0 Å². The molecule has 0 aliphatic carbocycles. The molecular weight excluding hydrogens is 416 g/mol. The first-order valence-electron chi connectivity index (χ1n) is 10.6. The molecule has 1 N–H and O–H groups in total. The molecule has 0 saturated heterocycles. The van der Waals surface area contributed by atoms with Crippen molar-refractivity contribution in [2.75, 3.05) is 19.4 Å². The van der Waals surface area contributed by atoms with E-state index in [2.05, 4.69) is 71.2 Å². The predicted octanol–water partition coefficient (Wildman–Crippen LogP) is 5.54. The second-order valence-electron chi connectivity index (χ2n) is 7.51. The minimum Gasteiger partial charge on any atom is -0.497 e. The number of carbonyl (C=O) groups excluding carboxylic acids is 1. The van der Waals surface area contributed by atoms with E-state index in [0.717, 1.165) is 33.7 Å². The SMILES string of the molecule is COc1ccc(-c2cc(-c3ccccc3)n(Cc3ccc(C(=O)NCCS)cc3)c2)cc1. The van der Waals surface area contributed by atoms with Gasteiger partial charge in [-0.3, -0.25) is 4.79 Å². The number of rotatable bonds is 8. The fourth-order valence-corrected chi connectivity index (χ4v) is 3.78. The topological polar surface area (TPSA) is 43.3 Å². The summed E-state index contributed by atoms with van der Waals surface area (Å²) < 4.78 is 7.55. The number of nitrogens with one attached hydrogen (secondary N) is 1. The standard InChI is InChI=1S/C27H26N2O2S/c1-31-25-13-11-21(12-14-25)24-17-26(22-5-3-2-4-6-22)29(19-24)18-20-7-9-23(10-8-20)27(30)28-15-16-32/h2-14,17,19,32H,15-16,18H2,1H3,(H,28,30). The van der Waals surface area contributed by atoms with Gasteiger partial charge in [-0.25, -0.2) is 0 Å². The summed E-state index contributed by atoms with van der Waals surface area (Å²) >= 11 is 4.13. The smallest absolute Gasteiger partial charge is 0.251 e. The first kappa shape index (κ1) is 21.8. The van der Waals surface area contributed by atoms with Gasteiger partial charge in [-0.1, -0.05) is 54.6 Å². The van der Waals surface area contributed by atoms with Gasteiger partial charge in [0.25, 0.3) is 5.91 Å². The predicted molar refractivity (Wildman–Crippen MR) is 134 cm³/mol. The van der Waals surface area contributed by atoms with E-state index in [1.807, 2.05) is 42.5 Å². The summed E-state index contributed by atoms with van der Waals surface area (Å²) in [5.41, 5.74) is 6.38. The van der Waals surface area contributed by atoms with Crippen LogP contribution in [0.5, 0.6) is 5.75 Å². The van der Waals surface area contributed by atoms with Crippen LogP contribution in [0.1, 0.15) is 15.9 Å². The Bertz CT molecular complexity index is 1170. The highest BCUT2D eigenvalue weighted by molar-refractivity contribution is 7.80. The normalized spacial score (nSPS) is 10.7. The summed E-state index contributed by atoms with van der Waals surface area (Å²) in [7, 11) is 1.67. The second-order valence-corrected chi connectivity index (χ2v) is 7.96. The average molecular weight is 443 g/mol.